The van der Waals surface area contributed by atoms with Crippen molar-refractivity contribution in [3.63, 3.8) is 0 Å². The zero-order valence-electron chi connectivity index (χ0n) is 10.7. The Balaban J connectivity index is 1.64. The van der Waals surface area contributed by atoms with Crippen LogP contribution in [-0.2, 0) is 4.74 Å². The van der Waals surface area contributed by atoms with Crippen LogP contribution in [0.4, 0.5) is 0 Å². The Morgan fingerprint density at radius 3 is 2.12 bits per heavy atom. The van der Waals surface area contributed by atoms with Gasteiger partial charge in [0.2, 0.25) is 0 Å². The summed E-state index contributed by atoms with van der Waals surface area (Å²) in [6.07, 6.45) is 12.6. The van der Waals surface area contributed by atoms with E-state index in [1.807, 2.05) is 7.11 Å². The van der Waals surface area contributed by atoms with Crippen LogP contribution < -0.4 is 5.32 Å². The third-order valence-electron chi connectivity index (χ3n) is 4.33. The van der Waals surface area contributed by atoms with Crippen LogP contribution in [0.5, 0.6) is 0 Å². The first-order chi connectivity index (χ1) is 7.88. The van der Waals surface area contributed by atoms with E-state index in [2.05, 4.69) is 5.32 Å². The Bertz CT molecular complexity index is 181. The molecule has 2 heteroatoms. The summed E-state index contributed by atoms with van der Waals surface area (Å²) >= 11 is 0. The van der Waals surface area contributed by atoms with Gasteiger partial charge in [-0.3, -0.25) is 0 Å². The number of hydrogen-bond donors (Lipinski definition) is 1. The summed E-state index contributed by atoms with van der Waals surface area (Å²) in [6.45, 7) is 0.968. The van der Waals surface area contributed by atoms with Crippen molar-refractivity contribution >= 4 is 0 Å². The minimum Gasteiger partial charge on any atom is -0.384 e. The highest BCUT2D eigenvalue weighted by atomic mass is 16.5. The molecule has 0 saturated heterocycles. The van der Waals surface area contributed by atoms with E-state index in [0.29, 0.717) is 0 Å². The molecule has 1 N–H and O–H groups in total. The molecule has 94 valence electrons. The third-order valence-corrected chi connectivity index (χ3v) is 4.33. The van der Waals surface area contributed by atoms with Crippen molar-refractivity contribution in [2.24, 2.45) is 5.92 Å². The first-order valence-electron chi connectivity index (χ1n) is 7.13. The Hall–Kier alpha value is -0.0800. The second-order valence-electron chi connectivity index (χ2n) is 5.67. The molecule has 2 saturated carbocycles. The second kappa shape index (κ2) is 6.61. The quantitative estimate of drug-likeness (QED) is 0.794. The van der Waals surface area contributed by atoms with Gasteiger partial charge in [0.05, 0.1) is 0 Å². The van der Waals surface area contributed by atoms with Gasteiger partial charge in [0.15, 0.2) is 0 Å². The lowest BCUT2D eigenvalue weighted by Crippen LogP contribution is -2.41. The van der Waals surface area contributed by atoms with Gasteiger partial charge in [-0.15, -0.1) is 0 Å². The zero-order valence-corrected chi connectivity index (χ0v) is 10.7. The van der Waals surface area contributed by atoms with Gasteiger partial charge in [0, 0.05) is 25.8 Å². The molecule has 2 aliphatic carbocycles. The molecule has 0 radical (unpaired) electrons. The molecule has 2 fully saturated rings. The summed E-state index contributed by atoms with van der Waals surface area (Å²) in [4.78, 5) is 0. The molecule has 0 unspecified atom stereocenters. The van der Waals surface area contributed by atoms with Gasteiger partial charge in [-0.25, -0.2) is 0 Å². The van der Waals surface area contributed by atoms with Crippen molar-refractivity contribution in [1.29, 1.82) is 0 Å². The molecule has 0 heterocycles. The van der Waals surface area contributed by atoms with Crippen molar-refractivity contribution in [3.05, 3.63) is 0 Å². The smallest absolute Gasteiger partial charge is 0.0490 e. The Labute approximate surface area is 100 Å². The zero-order chi connectivity index (χ0) is 11.2. The van der Waals surface area contributed by atoms with Crippen LogP contribution >= 0.6 is 0 Å². The maximum Gasteiger partial charge on any atom is 0.0490 e. The summed E-state index contributed by atoms with van der Waals surface area (Å²) in [7, 11) is 1.83. The maximum atomic E-state index is 5.25. The fourth-order valence-corrected chi connectivity index (χ4v) is 3.33. The number of ether oxygens (including phenoxy) is 1. The average Bonchev–Trinajstić information content (AvgIpc) is 2.33. The van der Waals surface area contributed by atoms with Crippen molar-refractivity contribution in [2.45, 2.75) is 69.9 Å². The van der Waals surface area contributed by atoms with Crippen LogP contribution in [0, 0.1) is 5.92 Å². The number of methoxy groups -OCH3 is 1. The molecule has 2 rings (SSSR count). The first kappa shape index (κ1) is 12.4. The first-order valence-corrected chi connectivity index (χ1v) is 7.13. The monoisotopic (exact) mass is 225 g/mol. The minimum atomic E-state index is 0.802. The second-order valence-corrected chi connectivity index (χ2v) is 5.67. The summed E-state index contributed by atoms with van der Waals surface area (Å²) in [6, 6.07) is 1.63. The van der Waals surface area contributed by atoms with Gasteiger partial charge in [-0.1, -0.05) is 19.3 Å². The lowest BCUT2D eigenvalue weighted by Gasteiger charge is -2.33. The van der Waals surface area contributed by atoms with E-state index in [1.165, 1.54) is 57.8 Å². The van der Waals surface area contributed by atoms with Gasteiger partial charge in [0.1, 0.15) is 0 Å². The molecular formula is C14H27NO. The molecule has 0 atom stereocenters. The number of rotatable bonds is 4. The van der Waals surface area contributed by atoms with E-state index in [1.54, 1.807) is 0 Å². The van der Waals surface area contributed by atoms with Gasteiger partial charge in [0.25, 0.3) is 0 Å². The van der Waals surface area contributed by atoms with E-state index < -0.39 is 0 Å². The average molecular weight is 225 g/mol. The highest BCUT2D eigenvalue weighted by Crippen LogP contribution is 2.26. The van der Waals surface area contributed by atoms with Crippen molar-refractivity contribution < 1.29 is 4.74 Å². The molecule has 2 aliphatic rings. The number of nitrogens with one attached hydrogen (secondary N) is 1. The largest absolute Gasteiger partial charge is 0.384 e. The lowest BCUT2D eigenvalue weighted by atomic mass is 9.85. The molecule has 16 heavy (non-hydrogen) atoms. The van der Waals surface area contributed by atoms with Crippen LogP contribution in [0.25, 0.3) is 0 Å². The predicted octanol–water partition coefficient (Wildman–Crippen LogP) is 3.11. The molecule has 0 aromatic rings. The normalized spacial score (nSPS) is 32.8. The summed E-state index contributed by atoms with van der Waals surface area (Å²) < 4.78 is 5.25. The Kier molecular flexibility index (Phi) is 5.11. The Morgan fingerprint density at radius 2 is 1.50 bits per heavy atom. The predicted molar refractivity (Wildman–Crippen MR) is 67.6 cm³/mol. The third kappa shape index (κ3) is 3.74. The standard InChI is InChI=1S/C14H27NO/c1-16-11-12-7-9-14(10-8-12)15-13-5-3-2-4-6-13/h12-15H,2-11H2,1H3. The molecule has 0 amide bonds. The van der Waals surface area contributed by atoms with Crippen LogP contribution in [-0.4, -0.2) is 25.8 Å². The fraction of sp³-hybridized carbons (Fsp3) is 1.00. The van der Waals surface area contributed by atoms with Gasteiger partial charge >= 0.3 is 0 Å². The molecule has 0 aromatic carbocycles. The highest BCUT2D eigenvalue weighted by Gasteiger charge is 2.23. The highest BCUT2D eigenvalue weighted by molar-refractivity contribution is 4.81. The molecule has 0 bridgehead atoms. The van der Waals surface area contributed by atoms with E-state index in [4.69, 9.17) is 4.74 Å². The van der Waals surface area contributed by atoms with Crippen LogP contribution in [0.2, 0.25) is 0 Å². The van der Waals surface area contributed by atoms with Crippen molar-refractivity contribution in [3.8, 4) is 0 Å². The van der Waals surface area contributed by atoms with E-state index in [0.717, 1.165) is 24.6 Å². The Morgan fingerprint density at radius 1 is 0.875 bits per heavy atom. The summed E-state index contributed by atoms with van der Waals surface area (Å²) in [5.74, 6) is 0.828. The van der Waals surface area contributed by atoms with E-state index in [-0.39, 0.29) is 0 Å². The lowest BCUT2D eigenvalue weighted by molar-refractivity contribution is 0.121. The van der Waals surface area contributed by atoms with Crippen molar-refractivity contribution in [1.82, 2.24) is 5.32 Å². The number of hydrogen-bond acceptors (Lipinski definition) is 2. The molecular weight excluding hydrogens is 198 g/mol. The fourth-order valence-electron chi connectivity index (χ4n) is 3.33. The van der Waals surface area contributed by atoms with Crippen LogP contribution in [0.3, 0.4) is 0 Å². The maximum absolute atomic E-state index is 5.25. The molecule has 0 aliphatic heterocycles. The van der Waals surface area contributed by atoms with Gasteiger partial charge in [-0.05, 0) is 44.4 Å². The minimum absolute atomic E-state index is 0.802. The summed E-state index contributed by atoms with van der Waals surface area (Å²) in [5.41, 5.74) is 0. The van der Waals surface area contributed by atoms with Crippen LogP contribution in [0.1, 0.15) is 57.8 Å². The summed E-state index contributed by atoms with van der Waals surface area (Å²) in [5, 5.41) is 3.88. The van der Waals surface area contributed by atoms with E-state index >= 15 is 0 Å². The van der Waals surface area contributed by atoms with Gasteiger partial charge in [-0.2, -0.15) is 0 Å². The SMILES string of the molecule is COCC1CCC(NC2CCCCC2)CC1. The van der Waals surface area contributed by atoms with E-state index in [9.17, 15) is 0 Å². The molecule has 2 nitrogen and oxygen atoms in total. The van der Waals surface area contributed by atoms with Crippen LogP contribution in [0.15, 0.2) is 0 Å². The molecule has 0 aromatic heterocycles. The molecule has 0 spiro atoms. The topological polar surface area (TPSA) is 21.3 Å². The van der Waals surface area contributed by atoms with Crippen molar-refractivity contribution in [2.75, 3.05) is 13.7 Å². The van der Waals surface area contributed by atoms with Gasteiger partial charge < -0.3 is 10.1 Å².